The van der Waals surface area contributed by atoms with Gasteiger partial charge in [-0.2, -0.15) is 0 Å². The number of rotatable bonds is 5. The van der Waals surface area contributed by atoms with Gasteiger partial charge in [0.05, 0.1) is 17.8 Å². The molecule has 0 unspecified atom stereocenters. The number of anilines is 3. The Balaban J connectivity index is 1.45. The van der Waals surface area contributed by atoms with Crippen molar-refractivity contribution in [2.75, 3.05) is 28.6 Å². The van der Waals surface area contributed by atoms with Gasteiger partial charge in [0.1, 0.15) is 0 Å². The smallest absolute Gasteiger partial charge is 0.257 e. The molecule has 5 heteroatoms. The number of carbonyl (C=O) groups is 2. The molecule has 0 spiro atoms. The summed E-state index contributed by atoms with van der Waals surface area (Å²) in [6.45, 7) is 1.08. The third kappa shape index (κ3) is 3.88. The SMILES string of the molecule is O=C(CN1CCc2ccccc21)Nc1ccccc1C(=O)Nc1ccccc1. The summed E-state index contributed by atoms with van der Waals surface area (Å²) in [5.41, 5.74) is 4.02. The van der Waals surface area contributed by atoms with Crippen LogP contribution in [0.4, 0.5) is 17.1 Å². The van der Waals surface area contributed by atoms with Gasteiger partial charge in [-0.05, 0) is 42.3 Å². The monoisotopic (exact) mass is 371 g/mol. The maximum atomic E-state index is 12.7. The van der Waals surface area contributed by atoms with Gasteiger partial charge in [-0.25, -0.2) is 0 Å². The first kappa shape index (κ1) is 17.8. The first-order valence-corrected chi connectivity index (χ1v) is 9.29. The van der Waals surface area contributed by atoms with Crippen LogP contribution in [0.2, 0.25) is 0 Å². The number of hydrogen-bond acceptors (Lipinski definition) is 3. The standard InChI is InChI=1S/C23H21N3O2/c27-22(16-26-15-14-17-8-4-7-13-21(17)26)25-20-12-6-5-11-19(20)23(28)24-18-9-2-1-3-10-18/h1-13H,14-16H2,(H,24,28)(H,25,27). The summed E-state index contributed by atoms with van der Waals surface area (Å²) in [7, 11) is 0. The average molecular weight is 371 g/mol. The molecule has 4 rings (SSSR count). The molecule has 2 N–H and O–H groups in total. The summed E-state index contributed by atoms with van der Waals surface area (Å²) in [6, 6.07) is 24.4. The minimum absolute atomic E-state index is 0.142. The predicted octanol–water partition coefficient (Wildman–Crippen LogP) is 3.94. The van der Waals surface area contributed by atoms with Crippen molar-refractivity contribution < 1.29 is 9.59 Å². The second kappa shape index (κ2) is 7.96. The molecule has 1 aliphatic rings. The molecule has 1 heterocycles. The Hall–Kier alpha value is -3.60. The summed E-state index contributed by atoms with van der Waals surface area (Å²) >= 11 is 0. The number of nitrogens with zero attached hydrogens (tertiary/aromatic N) is 1. The van der Waals surface area contributed by atoms with Gasteiger partial charge < -0.3 is 15.5 Å². The van der Waals surface area contributed by atoms with E-state index in [9.17, 15) is 9.59 Å². The molecular weight excluding hydrogens is 350 g/mol. The van der Waals surface area contributed by atoms with Crippen molar-refractivity contribution in [2.45, 2.75) is 6.42 Å². The molecule has 5 nitrogen and oxygen atoms in total. The fraction of sp³-hybridized carbons (Fsp3) is 0.130. The van der Waals surface area contributed by atoms with Crippen molar-refractivity contribution in [3.8, 4) is 0 Å². The summed E-state index contributed by atoms with van der Waals surface area (Å²) in [5, 5.41) is 5.75. The van der Waals surface area contributed by atoms with E-state index in [4.69, 9.17) is 0 Å². The van der Waals surface area contributed by atoms with Crippen LogP contribution >= 0.6 is 0 Å². The number of amides is 2. The van der Waals surface area contributed by atoms with Crippen molar-refractivity contribution in [3.05, 3.63) is 90.0 Å². The number of fused-ring (bicyclic) bond motifs is 1. The van der Waals surface area contributed by atoms with Crippen LogP contribution in [0.1, 0.15) is 15.9 Å². The van der Waals surface area contributed by atoms with Crippen molar-refractivity contribution in [1.29, 1.82) is 0 Å². The highest BCUT2D eigenvalue weighted by atomic mass is 16.2. The predicted molar refractivity (Wildman–Crippen MR) is 112 cm³/mol. The van der Waals surface area contributed by atoms with E-state index >= 15 is 0 Å². The third-order valence-electron chi connectivity index (χ3n) is 4.80. The first-order chi connectivity index (χ1) is 13.7. The Labute approximate surface area is 164 Å². The molecule has 1 aliphatic heterocycles. The van der Waals surface area contributed by atoms with Gasteiger partial charge in [-0.1, -0.05) is 48.5 Å². The lowest BCUT2D eigenvalue weighted by Crippen LogP contribution is -2.32. The van der Waals surface area contributed by atoms with E-state index < -0.39 is 0 Å². The Kier molecular flexibility index (Phi) is 5.06. The highest BCUT2D eigenvalue weighted by Crippen LogP contribution is 2.27. The van der Waals surface area contributed by atoms with Crippen LogP contribution in [0.5, 0.6) is 0 Å². The van der Waals surface area contributed by atoms with E-state index in [1.54, 1.807) is 24.3 Å². The maximum Gasteiger partial charge on any atom is 0.257 e. The van der Waals surface area contributed by atoms with Gasteiger partial charge in [0, 0.05) is 17.9 Å². The lowest BCUT2D eigenvalue weighted by atomic mass is 10.1. The molecule has 0 saturated heterocycles. The number of nitrogens with one attached hydrogen (secondary N) is 2. The zero-order valence-corrected chi connectivity index (χ0v) is 15.4. The average Bonchev–Trinajstić information content (AvgIpc) is 3.12. The number of carbonyl (C=O) groups excluding carboxylic acids is 2. The van der Waals surface area contributed by atoms with E-state index in [2.05, 4.69) is 21.6 Å². The molecule has 0 radical (unpaired) electrons. The summed E-state index contributed by atoms with van der Waals surface area (Å²) in [4.78, 5) is 27.3. The van der Waals surface area contributed by atoms with Gasteiger partial charge in [0.25, 0.3) is 5.91 Å². The number of benzene rings is 3. The van der Waals surface area contributed by atoms with E-state index in [0.717, 1.165) is 18.7 Å². The molecule has 0 aromatic heterocycles. The zero-order chi connectivity index (χ0) is 19.3. The highest BCUT2D eigenvalue weighted by molar-refractivity contribution is 6.10. The van der Waals surface area contributed by atoms with Crippen LogP contribution in [0, 0.1) is 0 Å². The fourth-order valence-electron chi connectivity index (χ4n) is 3.44. The Bertz CT molecular complexity index is 1000. The first-order valence-electron chi connectivity index (χ1n) is 9.29. The lowest BCUT2D eigenvalue weighted by molar-refractivity contribution is -0.115. The van der Waals surface area contributed by atoms with E-state index in [-0.39, 0.29) is 18.4 Å². The zero-order valence-electron chi connectivity index (χ0n) is 15.4. The molecule has 0 fully saturated rings. The quantitative estimate of drug-likeness (QED) is 0.714. The topological polar surface area (TPSA) is 61.4 Å². The minimum atomic E-state index is -0.256. The molecule has 0 aliphatic carbocycles. The fourth-order valence-corrected chi connectivity index (χ4v) is 3.44. The van der Waals surface area contributed by atoms with Gasteiger partial charge in [-0.15, -0.1) is 0 Å². The van der Waals surface area contributed by atoms with Crippen LogP contribution in [0.3, 0.4) is 0 Å². The van der Waals surface area contributed by atoms with Crippen molar-refractivity contribution in [2.24, 2.45) is 0 Å². The van der Waals surface area contributed by atoms with E-state index in [0.29, 0.717) is 16.9 Å². The van der Waals surface area contributed by atoms with E-state index in [1.165, 1.54) is 5.56 Å². The van der Waals surface area contributed by atoms with E-state index in [1.807, 2.05) is 48.5 Å². The number of para-hydroxylation sites is 3. The number of hydrogen-bond donors (Lipinski definition) is 2. The van der Waals surface area contributed by atoms with Gasteiger partial charge >= 0.3 is 0 Å². The van der Waals surface area contributed by atoms with Crippen molar-refractivity contribution in [1.82, 2.24) is 0 Å². The molecule has 3 aromatic carbocycles. The lowest BCUT2D eigenvalue weighted by Gasteiger charge is -2.19. The maximum absolute atomic E-state index is 12.7. The summed E-state index contributed by atoms with van der Waals surface area (Å²) in [6.07, 6.45) is 0.944. The molecule has 3 aromatic rings. The minimum Gasteiger partial charge on any atom is -0.362 e. The molecule has 28 heavy (non-hydrogen) atoms. The van der Waals surface area contributed by atoms with Crippen LogP contribution in [-0.4, -0.2) is 24.9 Å². The normalized spacial score (nSPS) is 12.4. The van der Waals surface area contributed by atoms with Crippen molar-refractivity contribution in [3.63, 3.8) is 0 Å². The molecule has 0 saturated carbocycles. The van der Waals surface area contributed by atoms with Crippen LogP contribution < -0.4 is 15.5 Å². The van der Waals surface area contributed by atoms with Gasteiger partial charge in [0.2, 0.25) is 5.91 Å². The van der Waals surface area contributed by atoms with Crippen LogP contribution in [0.15, 0.2) is 78.9 Å². The highest BCUT2D eigenvalue weighted by Gasteiger charge is 2.21. The van der Waals surface area contributed by atoms with Gasteiger partial charge in [0.15, 0.2) is 0 Å². The van der Waals surface area contributed by atoms with Crippen LogP contribution in [-0.2, 0) is 11.2 Å². The van der Waals surface area contributed by atoms with Crippen LogP contribution in [0.25, 0.3) is 0 Å². The van der Waals surface area contributed by atoms with Crippen molar-refractivity contribution >= 4 is 28.9 Å². The Morgan fingerprint density at radius 2 is 1.54 bits per heavy atom. The third-order valence-corrected chi connectivity index (χ3v) is 4.80. The largest absolute Gasteiger partial charge is 0.362 e. The second-order valence-corrected chi connectivity index (χ2v) is 6.71. The summed E-state index contributed by atoms with van der Waals surface area (Å²) in [5.74, 6) is -0.398. The molecule has 140 valence electrons. The second-order valence-electron chi connectivity index (χ2n) is 6.71. The Morgan fingerprint density at radius 1 is 0.821 bits per heavy atom. The molecule has 0 bridgehead atoms. The molecule has 2 amide bonds. The Morgan fingerprint density at radius 3 is 2.39 bits per heavy atom. The summed E-state index contributed by atoms with van der Waals surface area (Å²) < 4.78 is 0. The van der Waals surface area contributed by atoms with Gasteiger partial charge in [-0.3, -0.25) is 9.59 Å². The molecule has 0 atom stereocenters. The molecular formula is C23H21N3O2.